The average Bonchev–Trinajstić information content (AvgIpc) is 2.85. The molecular weight excluding hydrogens is 262 g/mol. The first-order valence-electron chi connectivity index (χ1n) is 7.20. The summed E-state index contributed by atoms with van der Waals surface area (Å²) in [4.78, 5) is 9.37. The highest BCUT2D eigenvalue weighted by Gasteiger charge is 2.23. The fourth-order valence-electron chi connectivity index (χ4n) is 3.26. The molecule has 0 bridgehead atoms. The van der Waals surface area contributed by atoms with Crippen molar-refractivity contribution in [2.24, 2.45) is 0 Å². The summed E-state index contributed by atoms with van der Waals surface area (Å²) in [6.45, 7) is 4.13. The maximum absolute atomic E-state index is 5.36. The lowest BCUT2D eigenvalue weighted by Gasteiger charge is -2.17. The summed E-state index contributed by atoms with van der Waals surface area (Å²) in [6.07, 6.45) is 2.04. The summed E-state index contributed by atoms with van der Waals surface area (Å²) in [5, 5.41) is 0. The second kappa shape index (κ2) is 4.32. The van der Waals surface area contributed by atoms with Crippen LogP contribution in [0.4, 0.5) is 0 Å². The van der Waals surface area contributed by atoms with Crippen molar-refractivity contribution in [2.75, 3.05) is 7.11 Å². The molecule has 2 heterocycles. The van der Waals surface area contributed by atoms with Crippen LogP contribution >= 0.6 is 0 Å². The fourth-order valence-corrected chi connectivity index (χ4v) is 3.26. The van der Waals surface area contributed by atoms with Gasteiger partial charge in [-0.15, -0.1) is 0 Å². The van der Waals surface area contributed by atoms with Gasteiger partial charge in [-0.05, 0) is 50.5 Å². The van der Waals surface area contributed by atoms with E-state index in [9.17, 15) is 0 Å². The van der Waals surface area contributed by atoms with Gasteiger partial charge in [0, 0.05) is 17.0 Å². The molecule has 0 saturated heterocycles. The van der Waals surface area contributed by atoms with Gasteiger partial charge in [-0.25, -0.2) is 9.97 Å². The molecule has 0 amide bonds. The van der Waals surface area contributed by atoms with Crippen molar-refractivity contribution in [2.45, 2.75) is 26.7 Å². The highest BCUT2D eigenvalue weighted by atomic mass is 16.5. The van der Waals surface area contributed by atoms with Crippen molar-refractivity contribution in [3.05, 3.63) is 46.9 Å². The van der Waals surface area contributed by atoms with E-state index < -0.39 is 0 Å². The van der Waals surface area contributed by atoms with Gasteiger partial charge in [-0.3, -0.25) is 4.40 Å². The first-order valence-corrected chi connectivity index (χ1v) is 7.20. The first kappa shape index (κ1) is 12.4. The highest BCUT2D eigenvalue weighted by Crippen LogP contribution is 2.35. The maximum atomic E-state index is 5.36. The van der Waals surface area contributed by atoms with Gasteiger partial charge in [0.15, 0.2) is 0 Å². The molecule has 0 unspecified atom stereocenters. The highest BCUT2D eigenvalue weighted by molar-refractivity contribution is 5.72. The number of rotatable bonds is 1. The Morgan fingerprint density at radius 1 is 1.10 bits per heavy atom. The summed E-state index contributed by atoms with van der Waals surface area (Å²) in [6, 6.07) is 8.36. The van der Waals surface area contributed by atoms with Gasteiger partial charge in [0.1, 0.15) is 5.75 Å². The average molecular weight is 279 g/mol. The quantitative estimate of drug-likeness (QED) is 0.687. The SMILES string of the molecule is COc1ccc2c(c1)-c1nc3nc(C)cc(C)n3c1CC2. The zero-order chi connectivity index (χ0) is 14.6. The molecule has 4 heteroatoms. The summed E-state index contributed by atoms with van der Waals surface area (Å²) in [5.74, 6) is 1.67. The molecule has 0 fully saturated rings. The van der Waals surface area contributed by atoms with E-state index in [1.165, 1.54) is 22.5 Å². The molecule has 0 spiro atoms. The van der Waals surface area contributed by atoms with Crippen LogP contribution in [-0.2, 0) is 12.8 Å². The zero-order valence-electron chi connectivity index (χ0n) is 12.5. The lowest BCUT2D eigenvalue weighted by Crippen LogP contribution is -2.07. The van der Waals surface area contributed by atoms with Gasteiger partial charge in [0.2, 0.25) is 5.78 Å². The van der Waals surface area contributed by atoms with Crippen LogP contribution in [0.3, 0.4) is 0 Å². The fraction of sp³-hybridized carbons (Fsp3) is 0.294. The zero-order valence-corrected chi connectivity index (χ0v) is 12.5. The summed E-state index contributed by atoms with van der Waals surface area (Å²) in [5.41, 5.74) is 7.03. The molecule has 0 N–H and O–H groups in total. The summed E-state index contributed by atoms with van der Waals surface area (Å²) < 4.78 is 7.55. The van der Waals surface area contributed by atoms with E-state index in [1.54, 1.807) is 7.11 Å². The second-order valence-corrected chi connectivity index (χ2v) is 5.60. The second-order valence-electron chi connectivity index (χ2n) is 5.60. The van der Waals surface area contributed by atoms with Gasteiger partial charge in [-0.1, -0.05) is 6.07 Å². The van der Waals surface area contributed by atoms with Crippen LogP contribution in [0.2, 0.25) is 0 Å². The predicted molar refractivity (Wildman–Crippen MR) is 81.9 cm³/mol. The van der Waals surface area contributed by atoms with Crippen molar-refractivity contribution >= 4 is 5.78 Å². The minimum atomic E-state index is 0.799. The Kier molecular flexibility index (Phi) is 2.55. The van der Waals surface area contributed by atoms with Crippen molar-refractivity contribution in [3.63, 3.8) is 0 Å². The number of ether oxygens (including phenoxy) is 1. The van der Waals surface area contributed by atoms with Gasteiger partial charge in [-0.2, -0.15) is 0 Å². The Balaban J connectivity index is 2.04. The van der Waals surface area contributed by atoms with E-state index in [-0.39, 0.29) is 0 Å². The monoisotopic (exact) mass is 279 g/mol. The molecular formula is C17H17N3O. The summed E-state index contributed by atoms with van der Waals surface area (Å²) in [7, 11) is 1.70. The standard InChI is InChI=1S/C17H17N3O/c1-10-8-11(2)20-15-7-5-12-4-6-13(21-3)9-14(12)16(15)19-17(20)18-10/h4,6,8-9H,5,7H2,1-3H3. The van der Waals surface area contributed by atoms with Gasteiger partial charge < -0.3 is 4.74 Å². The van der Waals surface area contributed by atoms with E-state index in [0.717, 1.165) is 35.8 Å². The maximum Gasteiger partial charge on any atom is 0.234 e. The van der Waals surface area contributed by atoms with Crippen LogP contribution in [0.25, 0.3) is 17.0 Å². The largest absolute Gasteiger partial charge is 0.497 e. The number of methoxy groups -OCH3 is 1. The normalized spacial score (nSPS) is 13.1. The molecule has 2 aromatic heterocycles. The Hall–Kier alpha value is -2.36. The van der Waals surface area contributed by atoms with Gasteiger partial charge in [0.05, 0.1) is 18.5 Å². The minimum absolute atomic E-state index is 0.799. The van der Waals surface area contributed by atoms with Crippen LogP contribution in [0.5, 0.6) is 5.75 Å². The van der Waals surface area contributed by atoms with E-state index in [0.29, 0.717) is 0 Å². The Labute approximate surface area is 123 Å². The van der Waals surface area contributed by atoms with Crippen molar-refractivity contribution in [3.8, 4) is 17.0 Å². The predicted octanol–water partition coefficient (Wildman–Crippen LogP) is 3.12. The van der Waals surface area contributed by atoms with E-state index in [1.807, 2.05) is 13.0 Å². The number of benzene rings is 1. The van der Waals surface area contributed by atoms with Crippen molar-refractivity contribution in [1.82, 2.24) is 14.4 Å². The third kappa shape index (κ3) is 1.75. The molecule has 1 aromatic carbocycles. The molecule has 21 heavy (non-hydrogen) atoms. The molecule has 1 aliphatic carbocycles. The van der Waals surface area contributed by atoms with Gasteiger partial charge in [0.25, 0.3) is 0 Å². The van der Waals surface area contributed by atoms with Crippen LogP contribution in [0, 0.1) is 13.8 Å². The molecule has 0 radical (unpaired) electrons. The number of aryl methyl sites for hydroxylation is 4. The third-order valence-electron chi connectivity index (χ3n) is 4.21. The van der Waals surface area contributed by atoms with Crippen LogP contribution in [0.15, 0.2) is 24.3 Å². The molecule has 3 aromatic rings. The Bertz CT molecular complexity index is 864. The van der Waals surface area contributed by atoms with Gasteiger partial charge >= 0.3 is 0 Å². The van der Waals surface area contributed by atoms with Crippen molar-refractivity contribution in [1.29, 1.82) is 0 Å². The molecule has 4 nitrogen and oxygen atoms in total. The summed E-state index contributed by atoms with van der Waals surface area (Å²) >= 11 is 0. The third-order valence-corrected chi connectivity index (χ3v) is 4.21. The minimum Gasteiger partial charge on any atom is -0.497 e. The Morgan fingerprint density at radius 3 is 2.76 bits per heavy atom. The molecule has 0 atom stereocenters. The lowest BCUT2D eigenvalue weighted by atomic mass is 9.92. The molecule has 106 valence electrons. The van der Waals surface area contributed by atoms with Crippen LogP contribution in [0.1, 0.15) is 22.6 Å². The molecule has 0 aliphatic heterocycles. The van der Waals surface area contributed by atoms with Crippen molar-refractivity contribution < 1.29 is 4.74 Å². The van der Waals surface area contributed by atoms with E-state index in [4.69, 9.17) is 9.72 Å². The first-order chi connectivity index (χ1) is 10.2. The topological polar surface area (TPSA) is 39.4 Å². The number of aromatic nitrogens is 3. The lowest BCUT2D eigenvalue weighted by molar-refractivity contribution is 0.415. The molecule has 0 saturated carbocycles. The molecule has 4 rings (SSSR count). The number of fused-ring (bicyclic) bond motifs is 5. The Morgan fingerprint density at radius 2 is 1.95 bits per heavy atom. The smallest absolute Gasteiger partial charge is 0.234 e. The van der Waals surface area contributed by atoms with E-state index >= 15 is 0 Å². The number of imidazole rings is 1. The molecule has 1 aliphatic rings. The van der Waals surface area contributed by atoms with Crippen LogP contribution in [-0.4, -0.2) is 21.5 Å². The van der Waals surface area contributed by atoms with E-state index in [2.05, 4.69) is 34.5 Å². The number of hydrogen-bond acceptors (Lipinski definition) is 3. The number of hydrogen-bond donors (Lipinski definition) is 0. The van der Waals surface area contributed by atoms with Crippen LogP contribution < -0.4 is 4.74 Å². The number of nitrogens with zero attached hydrogens (tertiary/aromatic N) is 3.